The van der Waals surface area contributed by atoms with Crippen LogP contribution in [0.3, 0.4) is 0 Å². The van der Waals surface area contributed by atoms with E-state index in [1.54, 1.807) is 0 Å². The molecule has 1 amide bonds. The molecule has 0 fully saturated rings. The Morgan fingerprint density at radius 3 is 2.75 bits per heavy atom. The molecule has 4 rings (SSSR count). The van der Waals surface area contributed by atoms with Gasteiger partial charge < -0.3 is 14.9 Å². The lowest BCUT2D eigenvalue weighted by atomic mass is 9.95. The molecule has 3 aromatic rings. The summed E-state index contributed by atoms with van der Waals surface area (Å²) in [6.07, 6.45) is 0.686. The molecule has 2 N–H and O–H groups in total. The molecule has 0 unspecified atom stereocenters. The zero-order valence-corrected chi connectivity index (χ0v) is 17.6. The minimum Gasteiger partial charge on any atom is -0.453 e. The van der Waals surface area contributed by atoms with Gasteiger partial charge in [0.2, 0.25) is 5.91 Å². The lowest BCUT2D eigenvalue weighted by Gasteiger charge is -2.29. The monoisotopic (exact) mass is 415 g/mol. The Bertz CT molecular complexity index is 1130. The number of ether oxygens (including phenoxy) is 1. The average Bonchev–Trinajstić information content (AvgIpc) is 2.98. The molecule has 0 saturated heterocycles. The van der Waals surface area contributed by atoms with Crippen molar-refractivity contribution < 1.29 is 13.9 Å². The number of nitrogens with zero attached hydrogens (tertiary/aromatic N) is 2. The van der Waals surface area contributed by atoms with Crippen molar-refractivity contribution in [3.63, 3.8) is 0 Å². The average molecular weight is 416 g/mol. The largest absolute Gasteiger partial charge is 0.453 e. The smallest absolute Gasteiger partial charge is 0.227 e. The highest BCUT2D eigenvalue weighted by Crippen LogP contribution is 2.36. The number of thioether (sulfide) groups is 1. The molecule has 6 nitrogen and oxygen atoms in total. The maximum atomic E-state index is 11.4. The summed E-state index contributed by atoms with van der Waals surface area (Å²) in [5.74, 6) is 0.478. The van der Waals surface area contributed by atoms with Gasteiger partial charge in [0, 0.05) is 17.7 Å². The first-order chi connectivity index (χ1) is 13.2. The van der Waals surface area contributed by atoms with Crippen LogP contribution in [0.15, 0.2) is 33.8 Å². The maximum absolute atomic E-state index is 11.4. The van der Waals surface area contributed by atoms with Gasteiger partial charge in [-0.05, 0) is 32.9 Å². The van der Waals surface area contributed by atoms with E-state index < -0.39 is 5.91 Å². The quantitative estimate of drug-likeness (QED) is 0.393. The molecule has 1 aromatic carbocycles. The van der Waals surface area contributed by atoms with E-state index in [0.717, 1.165) is 28.1 Å². The predicted molar refractivity (Wildman–Crippen MR) is 111 cm³/mol. The van der Waals surface area contributed by atoms with Crippen LogP contribution in [-0.4, -0.2) is 26.8 Å². The van der Waals surface area contributed by atoms with Gasteiger partial charge in [-0.25, -0.2) is 4.98 Å². The fraction of sp³-hybridized carbons (Fsp3) is 0.350. The van der Waals surface area contributed by atoms with E-state index in [2.05, 4.69) is 0 Å². The van der Waals surface area contributed by atoms with E-state index >= 15 is 0 Å². The van der Waals surface area contributed by atoms with Crippen molar-refractivity contribution in [1.29, 1.82) is 0 Å². The third kappa shape index (κ3) is 3.47. The van der Waals surface area contributed by atoms with E-state index in [-0.39, 0.29) is 11.4 Å². The van der Waals surface area contributed by atoms with Gasteiger partial charge in [-0.1, -0.05) is 41.7 Å². The zero-order valence-electron chi connectivity index (χ0n) is 15.9. The first-order valence-corrected chi connectivity index (χ1v) is 10.3. The van der Waals surface area contributed by atoms with Crippen molar-refractivity contribution in [1.82, 2.24) is 9.55 Å². The number of carbonyl (C=O) groups is 1. The Kier molecular flexibility index (Phi) is 4.81. The Morgan fingerprint density at radius 1 is 1.36 bits per heavy atom. The summed E-state index contributed by atoms with van der Waals surface area (Å²) in [6, 6.07) is 7.96. The van der Waals surface area contributed by atoms with Crippen molar-refractivity contribution >= 4 is 41.0 Å². The van der Waals surface area contributed by atoms with Gasteiger partial charge in [-0.3, -0.25) is 9.36 Å². The van der Waals surface area contributed by atoms with Crippen LogP contribution in [0, 0.1) is 11.6 Å². The highest BCUT2D eigenvalue weighted by molar-refractivity contribution is 7.99. The first kappa shape index (κ1) is 19.2. The molecule has 0 bridgehead atoms. The van der Waals surface area contributed by atoms with Gasteiger partial charge in [-0.2, -0.15) is 0 Å². The minimum atomic E-state index is -0.406. The van der Waals surface area contributed by atoms with Crippen LogP contribution in [0.1, 0.15) is 30.7 Å². The molecule has 0 saturated carbocycles. The number of nitrogens with two attached hydrogens (primary N) is 1. The van der Waals surface area contributed by atoms with E-state index in [1.165, 1.54) is 11.8 Å². The number of amides is 1. The molecular weight excluding hydrogens is 394 g/mol. The summed E-state index contributed by atoms with van der Waals surface area (Å²) in [5, 5.41) is 0.619. The van der Waals surface area contributed by atoms with Crippen LogP contribution < -0.4 is 5.73 Å². The molecule has 1 aliphatic heterocycles. The lowest BCUT2D eigenvalue weighted by Crippen LogP contribution is -2.31. The second-order valence-electron chi connectivity index (χ2n) is 7.53. The van der Waals surface area contributed by atoms with Crippen molar-refractivity contribution in [2.75, 3.05) is 5.75 Å². The molecule has 0 aliphatic carbocycles. The van der Waals surface area contributed by atoms with E-state index in [1.807, 2.05) is 49.6 Å². The Balaban J connectivity index is 1.95. The number of aryl methyl sites for hydroxylation is 1. The summed E-state index contributed by atoms with van der Waals surface area (Å²) in [6.45, 7) is 6.50. The standard InChI is InChI=1S/C20H21N3O3S2/c1-11-4-6-12(7-5-11)23-18(27)17-16(22-19(23)28-10-15(21)24)13-8-20(2,3)25-9-14(13)26-17/h4-7H,8-10H2,1-3H3,(H2,21,24). The lowest BCUT2D eigenvalue weighted by molar-refractivity contribution is -0.115. The molecule has 0 atom stereocenters. The molecule has 1 aliphatic rings. The molecule has 2 aromatic heterocycles. The van der Waals surface area contributed by atoms with Crippen LogP contribution in [-0.2, 0) is 22.6 Å². The summed E-state index contributed by atoms with van der Waals surface area (Å²) >= 11 is 7.06. The minimum absolute atomic E-state index is 0.119. The second-order valence-corrected chi connectivity index (χ2v) is 8.86. The number of rotatable bonds is 4. The Hall–Kier alpha value is -2.16. The third-order valence-electron chi connectivity index (χ3n) is 4.69. The van der Waals surface area contributed by atoms with Crippen LogP contribution in [0.25, 0.3) is 16.8 Å². The van der Waals surface area contributed by atoms with Gasteiger partial charge in [-0.15, -0.1) is 0 Å². The van der Waals surface area contributed by atoms with E-state index in [4.69, 9.17) is 32.1 Å². The number of aromatic nitrogens is 2. The maximum Gasteiger partial charge on any atom is 0.227 e. The van der Waals surface area contributed by atoms with E-state index in [0.29, 0.717) is 28.4 Å². The third-order valence-corrected chi connectivity index (χ3v) is 6.02. The van der Waals surface area contributed by atoms with Gasteiger partial charge >= 0.3 is 0 Å². The van der Waals surface area contributed by atoms with Crippen LogP contribution in [0.5, 0.6) is 0 Å². The van der Waals surface area contributed by atoms with Crippen LogP contribution >= 0.6 is 24.0 Å². The van der Waals surface area contributed by atoms with E-state index in [9.17, 15) is 4.79 Å². The number of carbonyl (C=O) groups excluding carboxylic acids is 1. The van der Waals surface area contributed by atoms with Crippen molar-refractivity contribution in [2.45, 2.75) is 44.6 Å². The van der Waals surface area contributed by atoms with Crippen molar-refractivity contribution in [3.05, 3.63) is 45.8 Å². The number of benzene rings is 1. The molecule has 0 radical (unpaired) electrons. The number of hydrogen-bond donors (Lipinski definition) is 1. The van der Waals surface area contributed by atoms with Gasteiger partial charge in [0.05, 0.1) is 11.4 Å². The Labute approximate surface area is 172 Å². The fourth-order valence-electron chi connectivity index (χ4n) is 3.29. The number of furan rings is 1. The normalized spacial score (nSPS) is 15.5. The van der Waals surface area contributed by atoms with Crippen molar-refractivity contribution in [3.8, 4) is 5.69 Å². The molecule has 3 heterocycles. The van der Waals surface area contributed by atoms with Gasteiger partial charge in [0.1, 0.15) is 17.9 Å². The fourth-order valence-corrected chi connectivity index (χ4v) is 4.43. The molecule has 0 spiro atoms. The highest BCUT2D eigenvalue weighted by atomic mass is 32.2. The summed E-state index contributed by atoms with van der Waals surface area (Å²) < 4.78 is 14.3. The van der Waals surface area contributed by atoms with Crippen LogP contribution in [0.2, 0.25) is 0 Å². The number of fused-ring (bicyclic) bond motifs is 3. The number of hydrogen-bond acceptors (Lipinski definition) is 6. The topological polar surface area (TPSA) is 83.3 Å². The second kappa shape index (κ2) is 7.02. The predicted octanol–water partition coefficient (Wildman–Crippen LogP) is 4.09. The first-order valence-electron chi connectivity index (χ1n) is 8.94. The molecule has 8 heteroatoms. The summed E-state index contributed by atoms with van der Waals surface area (Å²) in [5.41, 5.74) is 9.42. The van der Waals surface area contributed by atoms with Crippen LogP contribution in [0.4, 0.5) is 0 Å². The molecule has 28 heavy (non-hydrogen) atoms. The SMILES string of the molecule is Cc1ccc(-n2c(SCC(N)=O)nc3c4c(oc3c2=S)COC(C)(C)C4)cc1. The summed E-state index contributed by atoms with van der Waals surface area (Å²) in [4.78, 5) is 16.2. The van der Waals surface area contributed by atoms with Gasteiger partial charge in [0.25, 0.3) is 0 Å². The highest BCUT2D eigenvalue weighted by Gasteiger charge is 2.32. The zero-order chi connectivity index (χ0) is 20.1. The molecular formula is C20H21N3O3S2. The molecule has 146 valence electrons. The number of primary amides is 1. The van der Waals surface area contributed by atoms with Crippen molar-refractivity contribution in [2.24, 2.45) is 5.73 Å². The Morgan fingerprint density at radius 2 is 2.07 bits per heavy atom. The summed E-state index contributed by atoms with van der Waals surface area (Å²) in [7, 11) is 0. The van der Waals surface area contributed by atoms with Gasteiger partial charge in [0.15, 0.2) is 15.4 Å².